The third-order valence-electron chi connectivity index (χ3n) is 6.70. The molecule has 4 aliphatic rings. The van der Waals surface area contributed by atoms with Crippen molar-refractivity contribution in [3.8, 4) is 0 Å². The van der Waals surface area contributed by atoms with Crippen LogP contribution < -0.4 is 0 Å². The van der Waals surface area contributed by atoms with E-state index in [1.165, 1.54) is 44.1 Å². The van der Waals surface area contributed by atoms with Crippen molar-refractivity contribution in [1.82, 2.24) is 4.90 Å². The highest BCUT2D eigenvalue weighted by atomic mass is 35.5. The lowest BCUT2D eigenvalue weighted by Gasteiger charge is -2.56. The molecule has 0 aromatic heterocycles. The molecule has 4 fully saturated rings. The molecule has 0 spiro atoms. The SMILES string of the molecule is Cl.OCCN(Cc1ccccc1)CC(O)COC12CC3CC(CC(C3)C1)C2. The van der Waals surface area contributed by atoms with Crippen LogP contribution in [0.2, 0.25) is 0 Å². The number of hydrogen-bond donors (Lipinski definition) is 2. The molecule has 0 saturated heterocycles. The Kier molecular flexibility index (Phi) is 7.20. The molecule has 152 valence electrons. The van der Waals surface area contributed by atoms with Gasteiger partial charge in [-0.25, -0.2) is 0 Å². The fourth-order valence-corrected chi connectivity index (χ4v) is 6.05. The molecule has 1 atom stereocenters. The Hall–Kier alpha value is -0.650. The van der Waals surface area contributed by atoms with E-state index in [2.05, 4.69) is 17.0 Å². The van der Waals surface area contributed by atoms with Crippen molar-refractivity contribution in [3.05, 3.63) is 35.9 Å². The van der Waals surface area contributed by atoms with E-state index in [-0.39, 0.29) is 24.6 Å². The lowest BCUT2D eigenvalue weighted by atomic mass is 9.54. The van der Waals surface area contributed by atoms with Gasteiger partial charge in [-0.2, -0.15) is 0 Å². The van der Waals surface area contributed by atoms with E-state index in [1.54, 1.807) is 0 Å². The van der Waals surface area contributed by atoms with E-state index in [1.807, 2.05) is 18.2 Å². The van der Waals surface area contributed by atoms with E-state index in [0.717, 1.165) is 24.3 Å². The first-order valence-electron chi connectivity index (χ1n) is 10.3. The van der Waals surface area contributed by atoms with E-state index in [0.29, 0.717) is 19.7 Å². The van der Waals surface area contributed by atoms with Gasteiger partial charge in [-0.15, -0.1) is 12.4 Å². The highest BCUT2D eigenvalue weighted by Gasteiger charge is 2.51. The van der Waals surface area contributed by atoms with E-state index in [9.17, 15) is 10.2 Å². The number of aliphatic hydroxyl groups excluding tert-OH is 2. The molecule has 0 heterocycles. The Labute approximate surface area is 169 Å². The predicted molar refractivity (Wildman–Crippen MR) is 109 cm³/mol. The summed E-state index contributed by atoms with van der Waals surface area (Å²) in [6, 6.07) is 10.2. The standard InChI is InChI=1S/C22H33NO3.ClH/c24-7-6-23(14-17-4-2-1-3-5-17)15-21(25)16-26-22-11-18-8-19(12-22)10-20(9-18)13-22;/h1-5,18-21,24-25H,6-16H2;1H. The van der Waals surface area contributed by atoms with E-state index < -0.39 is 6.10 Å². The molecule has 0 amide bonds. The lowest BCUT2D eigenvalue weighted by molar-refractivity contribution is -0.176. The van der Waals surface area contributed by atoms with Crippen LogP contribution in [0.5, 0.6) is 0 Å². The van der Waals surface area contributed by atoms with Crippen LogP contribution in [-0.4, -0.2) is 53.1 Å². The quantitative estimate of drug-likeness (QED) is 0.673. The minimum atomic E-state index is -0.502. The summed E-state index contributed by atoms with van der Waals surface area (Å²) in [5.41, 5.74) is 1.26. The number of nitrogens with zero attached hydrogens (tertiary/aromatic N) is 1. The molecule has 1 aromatic rings. The predicted octanol–water partition coefficient (Wildman–Crippen LogP) is 3.25. The van der Waals surface area contributed by atoms with Crippen molar-refractivity contribution in [2.24, 2.45) is 17.8 Å². The maximum atomic E-state index is 10.6. The maximum absolute atomic E-state index is 10.6. The van der Waals surface area contributed by atoms with Gasteiger partial charge in [0.05, 0.1) is 24.9 Å². The highest BCUT2D eigenvalue weighted by Crippen LogP contribution is 2.57. The summed E-state index contributed by atoms with van der Waals surface area (Å²) in [6.45, 7) is 2.39. The van der Waals surface area contributed by atoms with Crippen LogP contribution in [0.1, 0.15) is 44.1 Å². The van der Waals surface area contributed by atoms with Gasteiger partial charge in [-0.1, -0.05) is 30.3 Å². The molecule has 5 heteroatoms. The first kappa shape index (κ1) is 21.1. The Bertz CT molecular complexity index is 547. The zero-order valence-electron chi connectivity index (χ0n) is 16.1. The third kappa shape index (κ3) is 5.24. The van der Waals surface area contributed by atoms with Gasteiger partial charge in [0.2, 0.25) is 0 Å². The summed E-state index contributed by atoms with van der Waals surface area (Å²) < 4.78 is 6.39. The smallest absolute Gasteiger partial charge is 0.0900 e. The van der Waals surface area contributed by atoms with Crippen molar-refractivity contribution < 1.29 is 14.9 Å². The second kappa shape index (κ2) is 9.23. The van der Waals surface area contributed by atoms with Crippen LogP contribution in [0.15, 0.2) is 30.3 Å². The average molecular weight is 396 g/mol. The van der Waals surface area contributed by atoms with Gasteiger partial charge in [0.1, 0.15) is 0 Å². The van der Waals surface area contributed by atoms with Crippen molar-refractivity contribution in [3.63, 3.8) is 0 Å². The molecule has 4 bridgehead atoms. The Morgan fingerprint density at radius 3 is 2.19 bits per heavy atom. The van der Waals surface area contributed by atoms with Gasteiger partial charge < -0.3 is 14.9 Å². The Morgan fingerprint density at radius 1 is 1.04 bits per heavy atom. The summed E-state index contributed by atoms with van der Waals surface area (Å²) >= 11 is 0. The van der Waals surface area contributed by atoms with Crippen LogP contribution in [0, 0.1) is 17.8 Å². The molecular weight excluding hydrogens is 362 g/mol. The third-order valence-corrected chi connectivity index (χ3v) is 6.70. The molecule has 4 nitrogen and oxygen atoms in total. The summed E-state index contributed by atoms with van der Waals surface area (Å²) in [6.07, 6.45) is 7.34. The molecular formula is C22H34ClNO3. The van der Waals surface area contributed by atoms with Gasteiger partial charge >= 0.3 is 0 Å². The maximum Gasteiger partial charge on any atom is 0.0900 e. The normalized spacial score (nSPS) is 32.5. The Balaban J connectivity index is 0.00000210. The van der Waals surface area contributed by atoms with Crippen molar-refractivity contribution in [1.29, 1.82) is 0 Å². The Morgan fingerprint density at radius 2 is 1.63 bits per heavy atom. The van der Waals surface area contributed by atoms with Gasteiger partial charge in [0, 0.05) is 19.6 Å². The molecule has 0 aliphatic heterocycles. The van der Waals surface area contributed by atoms with Crippen molar-refractivity contribution >= 4 is 12.4 Å². The fourth-order valence-electron chi connectivity index (χ4n) is 6.05. The molecule has 1 aromatic carbocycles. The van der Waals surface area contributed by atoms with E-state index in [4.69, 9.17) is 4.74 Å². The number of aliphatic hydroxyl groups is 2. The van der Waals surface area contributed by atoms with Crippen LogP contribution in [-0.2, 0) is 11.3 Å². The van der Waals surface area contributed by atoms with Crippen LogP contribution >= 0.6 is 12.4 Å². The first-order valence-corrected chi connectivity index (χ1v) is 10.3. The molecule has 27 heavy (non-hydrogen) atoms. The molecule has 5 rings (SSSR count). The summed E-state index contributed by atoms with van der Waals surface area (Å²) in [5, 5.41) is 19.9. The minimum absolute atomic E-state index is 0. The zero-order valence-corrected chi connectivity index (χ0v) is 16.9. The average Bonchev–Trinajstić information content (AvgIpc) is 2.60. The van der Waals surface area contributed by atoms with Crippen molar-refractivity contribution in [2.75, 3.05) is 26.3 Å². The van der Waals surface area contributed by atoms with Crippen molar-refractivity contribution in [2.45, 2.75) is 56.8 Å². The molecule has 1 unspecified atom stereocenters. The largest absolute Gasteiger partial charge is 0.395 e. The summed E-state index contributed by atoms with van der Waals surface area (Å²) in [5.74, 6) is 2.59. The van der Waals surface area contributed by atoms with E-state index >= 15 is 0 Å². The highest BCUT2D eigenvalue weighted by molar-refractivity contribution is 5.85. The molecule has 2 N–H and O–H groups in total. The minimum Gasteiger partial charge on any atom is -0.395 e. The van der Waals surface area contributed by atoms with Gasteiger partial charge in [-0.3, -0.25) is 4.90 Å². The lowest BCUT2D eigenvalue weighted by Crippen LogP contribution is -2.53. The number of rotatable bonds is 9. The second-order valence-electron chi connectivity index (χ2n) is 9.01. The molecule has 4 saturated carbocycles. The van der Waals surface area contributed by atoms with Crippen LogP contribution in [0.25, 0.3) is 0 Å². The summed E-state index contributed by atoms with van der Waals surface area (Å²) in [7, 11) is 0. The molecule has 0 radical (unpaired) electrons. The number of halogens is 1. The van der Waals surface area contributed by atoms with Crippen LogP contribution in [0.3, 0.4) is 0 Å². The van der Waals surface area contributed by atoms with Gasteiger partial charge in [-0.05, 0) is 61.8 Å². The number of benzene rings is 1. The topological polar surface area (TPSA) is 52.9 Å². The second-order valence-corrected chi connectivity index (χ2v) is 9.01. The first-order chi connectivity index (χ1) is 12.6. The summed E-state index contributed by atoms with van der Waals surface area (Å²) in [4.78, 5) is 2.11. The van der Waals surface area contributed by atoms with Crippen LogP contribution in [0.4, 0.5) is 0 Å². The van der Waals surface area contributed by atoms with Gasteiger partial charge in [0.15, 0.2) is 0 Å². The fraction of sp³-hybridized carbons (Fsp3) is 0.727. The number of hydrogen-bond acceptors (Lipinski definition) is 4. The zero-order chi connectivity index (χ0) is 18.0. The molecule has 4 aliphatic carbocycles. The number of ether oxygens (including phenoxy) is 1. The monoisotopic (exact) mass is 395 g/mol. The van der Waals surface area contributed by atoms with Gasteiger partial charge in [0.25, 0.3) is 0 Å².